The van der Waals surface area contributed by atoms with Crippen LogP contribution in [0.15, 0.2) is 22.9 Å². The highest BCUT2D eigenvalue weighted by Gasteiger charge is 2.19. The molecule has 2 rings (SSSR count). The first-order valence-corrected chi connectivity index (χ1v) is 8.01. The summed E-state index contributed by atoms with van der Waals surface area (Å²) in [5, 5.41) is 2.99. The van der Waals surface area contributed by atoms with Gasteiger partial charge >= 0.3 is 0 Å². The van der Waals surface area contributed by atoms with Crippen molar-refractivity contribution in [1.29, 1.82) is 0 Å². The van der Waals surface area contributed by atoms with Gasteiger partial charge in [0.05, 0.1) is 0 Å². The van der Waals surface area contributed by atoms with Gasteiger partial charge in [-0.2, -0.15) is 0 Å². The van der Waals surface area contributed by atoms with Crippen molar-refractivity contribution < 1.29 is 9.53 Å². The summed E-state index contributed by atoms with van der Waals surface area (Å²) in [7, 11) is 0. The molecule has 20 heavy (non-hydrogen) atoms. The number of amides is 1. The second-order valence-corrected chi connectivity index (χ2v) is 6.05. The number of ether oxygens (including phenoxy) is 1. The van der Waals surface area contributed by atoms with Crippen LogP contribution >= 0.6 is 15.9 Å². The Morgan fingerprint density at radius 3 is 2.95 bits per heavy atom. The molecular weight excluding hydrogens is 320 g/mol. The predicted octanol–water partition coefficient (Wildman–Crippen LogP) is 3.31. The van der Waals surface area contributed by atoms with E-state index in [2.05, 4.69) is 26.2 Å². The molecule has 1 atom stereocenters. The quantitative estimate of drug-likeness (QED) is 0.836. The SMILES string of the molecule is CC(Oc1cccnc1Br)C(=O)NCC1CCCCC1. The van der Waals surface area contributed by atoms with E-state index in [1.807, 2.05) is 0 Å². The Balaban J connectivity index is 1.78. The summed E-state index contributed by atoms with van der Waals surface area (Å²) in [5.74, 6) is 1.16. The van der Waals surface area contributed by atoms with Gasteiger partial charge in [0.1, 0.15) is 4.60 Å². The highest BCUT2D eigenvalue weighted by molar-refractivity contribution is 9.10. The van der Waals surface area contributed by atoms with Crippen molar-refractivity contribution >= 4 is 21.8 Å². The first-order chi connectivity index (χ1) is 9.66. The van der Waals surface area contributed by atoms with Gasteiger partial charge in [0, 0.05) is 12.7 Å². The van der Waals surface area contributed by atoms with Crippen LogP contribution in [0.3, 0.4) is 0 Å². The average molecular weight is 341 g/mol. The van der Waals surface area contributed by atoms with E-state index in [9.17, 15) is 4.79 Å². The van der Waals surface area contributed by atoms with Crippen LogP contribution in [0, 0.1) is 5.92 Å². The Hall–Kier alpha value is -1.10. The highest BCUT2D eigenvalue weighted by Crippen LogP contribution is 2.23. The monoisotopic (exact) mass is 340 g/mol. The van der Waals surface area contributed by atoms with E-state index in [-0.39, 0.29) is 5.91 Å². The van der Waals surface area contributed by atoms with Gasteiger partial charge in [0.25, 0.3) is 5.91 Å². The maximum Gasteiger partial charge on any atom is 0.260 e. The van der Waals surface area contributed by atoms with Crippen LogP contribution in [0.1, 0.15) is 39.0 Å². The van der Waals surface area contributed by atoms with E-state index in [0.717, 1.165) is 6.54 Å². The van der Waals surface area contributed by atoms with Gasteiger partial charge in [-0.25, -0.2) is 4.98 Å². The van der Waals surface area contributed by atoms with E-state index < -0.39 is 6.10 Å². The fraction of sp³-hybridized carbons (Fsp3) is 0.600. The molecule has 1 aromatic rings. The summed E-state index contributed by atoms with van der Waals surface area (Å²) in [6.45, 7) is 2.52. The van der Waals surface area contributed by atoms with Gasteiger partial charge in [-0.1, -0.05) is 19.3 Å². The van der Waals surface area contributed by atoms with E-state index in [0.29, 0.717) is 16.3 Å². The molecule has 0 bridgehead atoms. The summed E-state index contributed by atoms with van der Waals surface area (Å²) in [6, 6.07) is 3.58. The number of rotatable bonds is 5. The lowest BCUT2D eigenvalue weighted by molar-refractivity contribution is -0.127. The fourth-order valence-electron chi connectivity index (χ4n) is 2.48. The topological polar surface area (TPSA) is 51.2 Å². The number of pyridine rings is 1. The van der Waals surface area contributed by atoms with E-state index in [4.69, 9.17) is 4.74 Å². The second-order valence-electron chi connectivity index (χ2n) is 5.30. The third kappa shape index (κ3) is 4.47. The molecule has 0 saturated heterocycles. The minimum absolute atomic E-state index is 0.0636. The second kappa shape index (κ2) is 7.62. The summed E-state index contributed by atoms with van der Waals surface area (Å²) in [6.07, 6.45) is 7.51. The lowest BCUT2D eigenvalue weighted by Crippen LogP contribution is -2.39. The van der Waals surface area contributed by atoms with Gasteiger partial charge in [0.2, 0.25) is 0 Å². The van der Waals surface area contributed by atoms with Crippen LogP contribution in [-0.4, -0.2) is 23.5 Å². The first kappa shape index (κ1) is 15.3. The minimum atomic E-state index is -0.515. The zero-order valence-corrected chi connectivity index (χ0v) is 13.4. The summed E-state index contributed by atoms with van der Waals surface area (Å²) >= 11 is 3.31. The molecule has 1 aliphatic carbocycles. The van der Waals surface area contributed by atoms with Crippen molar-refractivity contribution in [2.75, 3.05) is 6.54 Å². The summed E-state index contributed by atoms with van der Waals surface area (Å²) in [4.78, 5) is 16.1. The average Bonchev–Trinajstić information content (AvgIpc) is 2.48. The third-order valence-electron chi connectivity index (χ3n) is 3.69. The summed E-state index contributed by atoms with van der Waals surface area (Å²) in [5.41, 5.74) is 0. The Bertz CT molecular complexity index is 447. The largest absolute Gasteiger partial charge is 0.478 e. The highest BCUT2D eigenvalue weighted by atomic mass is 79.9. The molecule has 5 heteroatoms. The van der Waals surface area contributed by atoms with Crippen molar-refractivity contribution in [3.05, 3.63) is 22.9 Å². The van der Waals surface area contributed by atoms with Crippen LogP contribution in [0.4, 0.5) is 0 Å². The third-order valence-corrected chi connectivity index (χ3v) is 4.28. The number of aromatic nitrogens is 1. The number of hydrogen-bond donors (Lipinski definition) is 1. The summed E-state index contributed by atoms with van der Waals surface area (Å²) < 4.78 is 6.24. The molecule has 4 nitrogen and oxygen atoms in total. The zero-order valence-electron chi connectivity index (χ0n) is 11.8. The Morgan fingerprint density at radius 1 is 1.50 bits per heavy atom. The molecule has 1 unspecified atom stereocenters. The number of nitrogens with one attached hydrogen (secondary N) is 1. The minimum Gasteiger partial charge on any atom is -0.478 e. The van der Waals surface area contributed by atoms with Gasteiger partial charge in [-0.3, -0.25) is 4.79 Å². The number of halogens is 1. The van der Waals surface area contributed by atoms with Crippen molar-refractivity contribution in [2.24, 2.45) is 5.92 Å². The van der Waals surface area contributed by atoms with Crippen molar-refractivity contribution in [3.8, 4) is 5.75 Å². The van der Waals surface area contributed by atoms with Crippen LogP contribution < -0.4 is 10.1 Å². The number of carbonyl (C=O) groups is 1. The normalized spacial score (nSPS) is 17.5. The molecule has 1 aromatic heterocycles. The lowest BCUT2D eigenvalue weighted by Gasteiger charge is -2.23. The molecular formula is C15H21BrN2O2. The molecule has 1 saturated carbocycles. The molecule has 1 heterocycles. The van der Waals surface area contributed by atoms with Crippen molar-refractivity contribution in [2.45, 2.75) is 45.1 Å². The lowest BCUT2D eigenvalue weighted by atomic mass is 9.89. The van der Waals surface area contributed by atoms with E-state index >= 15 is 0 Å². The Kier molecular flexibility index (Phi) is 5.83. The standard InChI is InChI=1S/C15H21BrN2O2/c1-11(20-13-8-5-9-17-14(13)16)15(19)18-10-12-6-3-2-4-7-12/h5,8-9,11-12H,2-4,6-7,10H2,1H3,(H,18,19). The van der Waals surface area contributed by atoms with E-state index in [1.165, 1.54) is 32.1 Å². The molecule has 1 fully saturated rings. The molecule has 0 aliphatic heterocycles. The number of nitrogens with zero attached hydrogens (tertiary/aromatic N) is 1. The fourth-order valence-corrected chi connectivity index (χ4v) is 2.83. The molecule has 1 amide bonds. The molecule has 110 valence electrons. The van der Waals surface area contributed by atoms with Crippen molar-refractivity contribution in [3.63, 3.8) is 0 Å². The molecule has 1 aliphatic rings. The van der Waals surface area contributed by atoms with Crippen LogP contribution in [0.2, 0.25) is 0 Å². The predicted molar refractivity (Wildman–Crippen MR) is 81.6 cm³/mol. The van der Waals surface area contributed by atoms with Crippen LogP contribution in [0.5, 0.6) is 5.75 Å². The maximum atomic E-state index is 12.0. The Morgan fingerprint density at radius 2 is 2.25 bits per heavy atom. The van der Waals surface area contributed by atoms with Crippen LogP contribution in [0.25, 0.3) is 0 Å². The van der Waals surface area contributed by atoms with Crippen LogP contribution in [-0.2, 0) is 4.79 Å². The van der Waals surface area contributed by atoms with Gasteiger partial charge in [0.15, 0.2) is 11.9 Å². The Labute approximate surface area is 128 Å². The number of carbonyl (C=O) groups excluding carboxylic acids is 1. The van der Waals surface area contributed by atoms with Gasteiger partial charge in [-0.15, -0.1) is 0 Å². The van der Waals surface area contributed by atoms with Crippen molar-refractivity contribution in [1.82, 2.24) is 10.3 Å². The molecule has 1 N–H and O–H groups in total. The maximum absolute atomic E-state index is 12.0. The smallest absolute Gasteiger partial charge is 0.260 e. The molecule has 0 radical (unpaired) electrons. The molecule has 0 aromatic carbocycles. The van der Waals surface area contributed by atoms with Gasteiger partial charge < -0.3 is 10.1 Å². The zero-order chi connectivity index (χ0) is 14.4. The van der Waals surface area contributed by atoms with Gasteiger partial charge in [-0.05, 0) is 53.7 Å². The van der Waals surface area contributed by atoms with E-state index in [1.54, 1.807) is 25.3 Å². The molecule has 0 spiro atoms. The number of hydrogen-bond acceptors (Lipinski definition) is 3. The first-order valence-electron chi connectivity index (χ1n) is 7.21.